The van der Waals surface area contributed by atoms with E-state index < -0.39 is 24.0 Å². The minimum Gasteiger partial charge on any atom is -0.480 e. The van der Waals surface area contributed by atoms with E-state index in [1.54, 1.807) is 20.9 Å². The van der Waals surface area contributed by atoms with Gasteiger partial charge in [0.25, 0.3) is 5.91 Å². The Morgan fingerprint density at radius 3 is 2.23 bits per heavy atom. The Morgan fingerprint density at radius 2 is 1.66 bits per heavy atom. The molecule has 0 saturated carbocycles. The third-order valence-corrected chi connectivity index (χ3v) is 6.27. The summed E-state index contributed by atoms with van der Waals surface area (Å²) in [5, 5.41) is 18.6. The number of benzene rings is 2. The lowest BCUT2D eigenvalue weighted by molar-refractivity contribution is -0.140. The maximum atomic E-state index is 12.7. The molecule has 0 fully saturated rings. The predicted octanol–water partition coefficient (Wildman–Crippen LogP) is 3.30. The maximum Gasteiger partial charge on any atom is 0.407 e. The molecule has 0 radical (unpaired) electrons. The van der Waals surface area contributed by atoms with Crippen LogP contribution < -0.4 is 10.6 Å². The van der Waals surface area contributed by atoms with Crippen LogP contribution in [-0.4, -0.2) is 45.5 Å². The van der Waals surface area contributed by atoms with Crippen LogP contribution in [0.3, 0.4) is 0 Å². The average Bonchev–Trinajstić information content (AvgIpc) is 3.37. The van der Waals surface area contributed by atoms with Crippen LogP contribution in [0.15, 0.2) is 54.7 Å². The van der Waals surface area contributed by atoms with Crippen molar-refractivity contribution < 1.29 is 24.2 Å². The van der Waals surface area contributed by atoms with Crippen molar-refractivity contribution >= 4 is 18.0 Å². The van der Waals surface area contributed by atoms with Crippen molar-refractivity contribution in [3.8, 4) is 11.1 Å². The van der Waals surface area contributed by atoms with Gasteiger partial charge in [0.15, 0.2) is 0 Å². The van der Waals surface area contributed by atoms with Crippen LogP contribution in [0.4, 0.5) is 4.79 Å². The molecule has 182 valence electrons. The van der Waals surface area contributed by atoms with Crippen molar-refractivity contribution in [2.24, 2.45) is 13.0 Å². The van der Waals surface area contributed by atoms with Crippen molar-refractivity contribution in [1.29, 1.82) is 0 Å². The van der Waals surface area contributed by atoms with Crippen LogP contribution in [-0.2, 0) is 23.1 Å². The number of fused-ring (bicyclic) bond motifs is 3. The monoisotopic (exact) mass is 476 g/mol. The van der Waals surface area contributed by atoms with Gasteiger partial charge in [-0.1, -0.05) is 62.4 Å². The van der Waals surface area contributed by atoms with Gasteiger partial charge in [0, 0.05) is 13.0 Å². The Hall–Kier alpha value is -4.14. The highest BCUT2D eigenvalue weighted by molar-refractivity contribution is 5.97. The molecule has 0 aliphatic heterocycles. The van der Waals surface area contributed by atoms with Crippen molar-refractivity contribution in [2.45, 2.75) is 32.4 Å². The molecule has 4 rings (SSSR count). The highest BCUT2D eigenvalue weighted by Crippen LogP contribution is 2.44. The highest BCUT2D eigenvalue weighted by Gasteiger charge is 2.29. The van der Waals surface area contributed by atoms with Crippen molar-refractivity contribution in [3.05, 3.63) is 77.1 Å². The number of nitrogens with one attached hydrogen (secondary N) is 2. The number of carbonyl (C=O) groups excluding carboxylic acids is 2. The second-order valence-corrected chi connectivity index (χ2v) is 8.84. The number of alkyl carbamates (subject to hydrolysis) is 1. The number of carboxylic acid groups (broad SMARTS) is 1. The van der Waals surface area contributed by atoms with E-state index in [0.29, 0.717) is 5.69 Å². The summed E-state index contributed by atoms with van der Waals surface area (Å²) in [5.74, 6) is -2.04. The minimum atomic E-state index is -1.12. The number of carboxylic acids is 1. The Balaban J connectivity index is 1.39. The molecule has 1 aliphatic carbocycles. The maximum absolute atomic E-state index is 12.7. The van der Waals surface area contributed by atoms with E-state index >= 15 is 0 Å². The molecular weight excluding hydrogens is 448 g/mol. The molecule has 9 heteroatoms. The standard InChI is InChI=1S/C26H28N4O5/c1-15(2)23(25(32)33)29-24(31)20-12-28-30(3)22(20)13-27-26(34)35-14-21-18-10-6-4-8-16(18)17-9-5-7-11-19(17)21/h4-12,15,21,23H,13-14H2,1-3H3,(H,27,34)(H,29,31)(H,32,33)/t23-/m0/s1. The zero-order valence-electron chi connectivity index (χ0n) is 19.8. The molecular formula is C26H28N4O5. The number of aryl methyl sites for hydroxylation is 1. The van der Waals surface area contributed by atoms with Crippen LogP contribution in [0, 0.1) is 5.92 Å². The number of carbonyl (C=O) groups is 3. The van der Waals surface area contributed by atoms with Crippen molar-refractivity contribution in [3.63, 3.8) is 0 Å². The topological polar surface area (TPSA) is 123 Å². The molecule has 2 aromatic carbocycles. The summed E-state index contributed by atoms with van der Waals surface area (Å²) < 4.78 is 7.01. The van der Waals surface area contributed by atoms with Gasteiger partial charge in [-0.05, 0) is 28.2 Å². The molecule has 9 nitrogen and oxygen atoms in total. The number of rotatable bonds is 8. The molecule has 1 aromatic heterocycles. The molecule has 3 N–H and O–H groups in total. The van der Waals surface area contributed by atoms with Gasteiger partial charge in [-0.25, -0.2) is 9.59 Å². The fraction of sp³-hybridized carbons (Fsp3) is 0.308. The third kappa shape index (κ3) is 4.89. The number of ether oxygens (including phenoxy) is 1. The summed E-state index contributed by atoms with van der Waals surface area (Å²) in [4.78, 5) is 36.7. The first kappa shape index (κ1) is 24.0. The fourth-order valence-electron chi connectivity index (χ4n) is 4.40. The zero-order valence-corrected chi connectivity index (χ0v) is 19.8. The number of hydrogen-bond donors (Lipinski definition) is 3. The SMILES string of the molecule is CC(C)[C@H](NC(=O)c1cnn(C)c1CNC(=O)OCC1c2ccccc2-c2ccccc21)C(=O)O. The Bertz CT molecular complexity index is 1220. The summed E-state index contributed by atoms with van der Waals surface area (Å²) in [5.41, 5.74) is 5.14. The Labute approximate surface area is 203 Å². The second kappa shape index (κ2) is 10.0. The number of hydrogen-bond acceptors (Lipinski definition) is 5. The summed E-state index contributed by atoms with van der Waals surface area (Å²) in [7, 11) is 1.64. The summed E-state index contributed by atoms with van der Waals surface area (Å²) >= 11 is 0. The van der Waals surface area contributed by atoms with E-state index in [1.807, 2.05) is 36.4 Å². The lowest BCUT2D eigenvalue weighted by Crippen LogP contribution is -2.44. The van der Waals surface area contributed by atoms with E-state index in [0.717, 1.165) is 22.3 Å². The first-order valence-electron chi connectivity index (χ1n) is 11.4. The van der Waals surface area contributed by atoms with E-state index in [9.17, 15) is 19.5 Å². The van der Waals surface area contributed by atoms with Gasteiger partial charge >= 0.3 is 12.1 Å². The van der Waals surface area contributed by atoms with Crippen LogP contribution in [0.25, 0.3) is 11.1 Å². The van der Waals surface area contributed by atoms with Gasteiger partial charge in [-0.3, -0.25) is 9.48 Å². The zero-order chi connectivity index (χ0) is 25.1. The largest absolute Gasteiger partial charge is 0.480 e. The quantitative estimate of drug-likeness (QED) is 0.459. The van der Waals surface area contributed by atoms with Gasteiger partial charge in [0.2, 0.25) is 0 Å². The lowest BCUT2D eigenvalue weighted by Gasteiger charge is -2.18. The average molecular weight is 477 g/mol. The Kier molecular flexibility index (Phi) is 6.86. The van der Waals surface area contributed by atoms with E-state index in [2.05, 4.69) is 27.9 Å². The molecule has 1 heterocycles. The molecule has 1 aliphatic rings. The molecule has 35 heavy (non-hydrogen) atoms. The number of nitrogens with zero attached hydrogens (tertiary/aromatic N) is 2. The molecule has 0 bridgehead atoms. The first-order chi connectivity index (χ1) is 16.8. The molecule has 0 unspecified atom stereocenters. The molecule has 0 saturated heterocycles. The van der Waals surface area contributed by atoms with Gasteiger partial charge in [0.05, 0.1) is 24.0 Å². The summed E-state index contributed by atoms with van der Waals surface area (Å²) in [6, 6.07) is 15.1. The van der Waals surface area contributed by atoms with Crippen LogP contribution in [0.1, 0.15) is 46.9 Å². The Morgan fingerprint density at radius 1 is 1.06 bits per heavy atom. The smallest absolute Gasteiger partial charge is 0.407 e. The van der Waals surface area contributed by atoms with Crippen LogP contribution in [0.5, 0.6) is 0 Å². The molecule has 2 amide bonds. The minimum absolute atomic E-state index is 0.00462. The number of aromatic nitrogens is 2. The third-order valence-electron chi connectivity index (χ3n) is 6.27. The van der Waals surface area contributed by atoms with Gasteiger partial charge in [-0.15, -0.1) is 0 Å². The molecule has 3 aromatic rings. The molecule has 1 atom stereocenters. The van der Waals surface area contributed by atoms with Crippen molar-refractivity contribution in [1.82, 2.24) is 20.4 Å². The normalized spacial score (nSPS) is 13.1. The van der Waals surface area contributed by atoms with Gasteiger partial charge in [0.1, 0.15) is 12.6 Å². The number of amides is 2. The van der Waals surface area contributed by atoms with Gasteiger partial charge in [-0.2, -0.15) is 5.10 Å². The van der Waals surface area contributed by atoms with Crippen LogP contribution >= 0.6 is 0 Å². The summed E-state index contributed by atoms with van der Waals surface area (Å²) in [6.07, 6.45) is 0.730. The first-order valence-corrected chi connectivity index (χ1v) is 11.4. The molecule has 0 spiro atoms. The highest BCUT2D eigenvalue weighted by atomic mass is 16.5. The van der Waals surface area contributed by atoms with Crippen molar-refractivity contribution in [2.75, 3.05) is 6.61 Å². The predicted molar refractivity (Wildman–Crippen MR) is 129 cm³/mol. The van der Waals surface area contributed by atoms with E-state index in [1.165, 1.54) is 10.9 Å². The fourth-order valence-corrected chi connectivity index (χ4v) is 4.40. The van der Waals surface area contributed by atoms with E-state index in [-0.39, 0.29) is 30.6 Å². The van der Waals surface area contributed by atoms with Crippen LogP contribution in [0.2, 0.25) is 0 Å². The van der Waals surface area contributed by atoms with E-state index in [4.69, 9.17) is 4.74 Å². The van der Waals surface area contributed by atoms with Gasteiger partial charge < -0.3 is 20.5 Å². The second-order valence-electron chi connectivity index (χ2n) is 8.84. The number of aliphatic carboxylic acids is 1. The lowest BCUT2D eigenvalue weighted by atomic mass is 9.98. The summed E-state index contributed by atoms with van der Waals surface area (Å²) in [6.45, 7) is 3.59.